The highest BCUT2D eigenvalue weighted by atomic mass is 16.3. The minimum absolute atomic E-state index is 0.206. The van der Waals surface area contributed by atoms with Crippen molar-refractivity contribution < 1.29 is 5.11 Å². The molecule has 1 saturated heterocycles. The second kappa shape index (κ2) is 7.07. The Morgan fingerprint density at radius 3 is 2.48 bits per heavy atom. The van der Waals surface area contributed by atoms with Crippen LogP contribution in [0, 0.1) is 12.8 Å². The molecule has 1 aromatic heterocycles. The van der Waals surface area contributed by atoms with E-state index in [1.54, 1.807) is 0 Å². The van der Waals surface area contributed by atoms with Gasteiger partial charge in [-0.05, 0) is 39.5 Å². The first-order chi connectivity index (χ1) is 10.1. The summed E-state index contributed by atoms with van der Waals surface area (Å²) in [6.45, 7) is 10.9. The van der Waals surface area contributed by atoms with Crippen molar-refractivity contribution >= 4 is 11.6 Å². The van der Waals surface area contributed by atoms with Crippen LogP contribution >= 0.6 is 0 Å². The van der Waals surface area contributed by atoms with E-state index in [2.05, 4.69) is 36.0 Å². The van der Waals surface area contributed by atoms with Crippen molar-refractivity contribution in [2.24, 2.45) is 5.92 Å². The smallest absolute Gasteiger partial charge is 0.137 e. The summed E-state index contributed by atoms with van der Waals surface area (Å²) in [6, 6.07) is 0. The topological polar surface area (TPSA) is 61.3 Å². The normalized spacial score (nSPS) is 17.9. The summed E-state index contributed by atoms with van der Waals surface area (Å²) >= 11 is 0. The summed E-state index contributed by atoms with van der Waals surface area (Å²) in [5.41, 5.74) is 1.13. The van der Waals surface area contributed by atoms with Gasteiger partial charge in [0.2, 0.25) is 0 Å². The summed E-state index contributed by atoms with van der Waals surface area (Å²) in [5, 5.41) is 13.1. The third kappa shape index (κ3) is 3.64. The Labute approximate surface area is 127 Å². The highest BCUT2D eigenvalue weighted by Crippen LogP contribution is 2.29. The molecule has 0 aromatic carbocycles. The predicted octanol–water partition coefficient (Wildman–Crippen LogP) is 2.38. The van der Waals surface area contributed by atoms with Crippen LogP contribution in [-0.2, 0) is 6.42 Å². The summed E-state index contributed by atoms with van der Waals surface area (Å²) in [4.78, 5) is 11.7. The molecule has 1 aliphatic heterocycles. The molecule has 1 fully saturated rings. The molecule has 0 spiro atoms. The van der Waals surface area contributed by atoms with Crippen LogP contribution < -0.4 is 10.2 Å². The van der Waals surface area contributed by atoms with Gasteiger partial charge in [-0.1, -0.05) is 6.92 Å². The van der Waals surface area contributed by atoms with Crippen molar-refractivity contribution in [3.63, 3.8) is 0 Å². The lowest BCUT2D eigenvalue weighted by atomic mass is 9.92. The fourth-order valence-electron chi connectivity index (χ4n) is 2.95. The largest absolute Gasteiger partial charge is 0.393 e. The summed E-state index contributed by atoms with van der Waals surface area (Å²) in [6.07, 6.45) is 2.69. The molecule has 1 aromatic rings. The van der Waals surface area contributed by atoms with Gasteiger partial charge in [0.1, 0.15) is 17.5 Å². The van der Waals surface area contributed by atoms with E-state index in [-0.39, 0.29) is 6.10 Å². The number of nitrogens with zero attached hydrogens (tertiary/aromatic N) is 3. The van der Waals surface area contributed by atoms with E-state index in [1.165, 1.54) is 0 Å². The average Bonchev–Trinajstić information content (AvgIpc) is 2.49. The molecule has 0 aliphatic carbocycles. The molecule has 2 rings (SSSR count). The van der Waals surface area contributed by atoms with Gasteiger partial charge in [0.05, 0.1) is 6.10 Å². The van der Waals surface area contributed by atoms with E-state index in [4.69, 9.17) is 4.98 Å². The summed E-state index contributed by atoms with van der Waals surface area (Å²) in [5.74, 6) is 3.32. The lowest BCUT2D eigenvalue weighted by Gasteiger charge is -2.35. The molecule has 1 aliphatic rings. The average molecular weight is 292 g/mol. The van der Waals surface area contributed by atoms with Gasteiger partial charge >= 0.3 is 0 Å². The van der Waals surface area contributed by atoms with E-state index in [1.807, 2.05) is 6.92 Å². The van der Waals surface area contributed by atoms with Crippen LogP contribution in [0.1, 0.15) is 45.0 Å². The third-order valence-electron chi connectivity index (χ3n) is 4.35. The minimum atomic E-state index is -0.206. The Kier molecular flexibility index (Phi) is 5.39. The Bertz CT molecular complexity index is 468. The number of aryl methyl sites for hydroxylation is 1. The number of anilines is 2. The standard InChI is InChI=1S/C16H28N4O/c1-5-14-18-15(17-6-2)11(3)16(19-14)20-9-7-13(8-10-20)12(4)21/h12-13,21H,5-10H2,1-4H3,(H,17,18,19). The molecule has 0 saturated carbocycles. The lowest BCUT2D eigenvalue weighted by Crippen LogP contribution is -2.38. The Hall–Kier alpha value is -1.36. The van der Waals surface area contributed by atoms with E-state index in [9.17, 15) is 5.11 Å². The van der Waals surface area contributed by atoms with Crippen LogP contribution in [0.4, 0.5) is 11.6 Å². The first kappa shape index (κ1) is 16.0. The zero-order valence-electron chi connectivity index (χ0n) is 13.7. The predicted molar refractivity (Wildman–Crippen MR) is 86.9 cm³/mol. The van der Waals surface area contributed by atoms with E-state index >= 15 is 0 Å². The molecular weight excluding hydrogens is 264 g/mol. The number of rotatable bonds is 5. The maximum absolute atomic E-state index is 9.73. The van der Waals surface area contributed by atoms with Crippen molar-refractivity contribution in [1.82, 2.24) is 9.97 Å². The Morgan fingerprint density at radius 2 is 1.95 bits per heavy atom. The van der Waals surface area contributed by atoms with Crippen LogP contribution in [-0.4, -0.2) is 40.8 Å². The number of hydrogen-bond donors (Lipinski definition) is 2. The number of aliphatic hydroxyl groups excluding tert-OH is 1. The SMILES string of the molecule is CCNc1nc(CC)nc(N2CCC(C(C)O)CC2)c1C. The van der Waals surface area contributed by atoms with Gasteiger partial charge in [-0.3, -0.25) is 0 Å². The highest BCUT2D eigenvalue weighted by molar-refractivity contribution is 5.58. The van der Waals surface area contributed by atoms with Gasteiger partial charge in [-0.15, -0.1) is 0 Å². The van der Waals surface area contributed by atoms with E-state index in [0.717, 1.165) is 61.9 Å². The molecule has 1 atom stereocenters. The van der Waals surface area contributed by atoms with Crippen molar-refractivity contribution in [2.75, 3.05) is 29.9 Å². The molecule has 0 bridgehead atoms. The van der Waals surface area contributed by atoms with Gasteiger partial charge in [0, 0.05) is 31.6 Å². The number of aliphatic hydroxyl groups is 1. The molecule has 118 valence electrons. The van der Waals surface area contributed by atoms with Crippen LogP contribution in [0.25, 0.3) is 0 Å². The molecule has 2 N–H and O–H groups in total. The summed E-state index contributed by atoms with van der Waals surface area (Å²) in [7, 11) is 0. The van der Waals surface area contributed by atoms with Crippen LogP contribution in [0.3, 0.4) is 0 Å². The maximum Gasteiger partial charge on any atom is 0.137 e. The zero-order valence-corrected chi connectivity index (χ0v) is 13.7. The van der Waals surface area contributed by atoms with Gasteiger partial charge in [-0.2, -0.15) is 0 Å². The molecule has 5 nitrogen and oxygen atoms in total. The Balaban J connectivity index is 2.21. The molecule has 2 heterocycles. The van der Waals surface area contributed by atoms with Gasteiger partial charge < -0.3 is 15.3 Å². The quantitative estimate of drug-likeness (QED) is 0.872. The Morgan fingerprint density at radius 1 is 1.29 bits per heavy atom. The first-order valence-electron chi connectivity index (χ1n) is 8.11. The molecule has 0 amide bonds. The third-order valence-corrected chi connectivity index (χ3v) is 4.35. The van der Waals surface area contributed by atoms with Gasteiger partial charge in [0.25, 0.3) is 0 Å². The molecule has 0 radical (unpaired) electrons. The second-order valence-electron chi connectivity index (χ2n) is 5.89. The molecule has 21 heavy (non-hydrogen) atoms. The zero-order chi connectivity index (χ0) is 15.4. The summed E-state index contributed by atoms with van der Waals surface area (Å²) < 4.78 is 0. The molecule has 5 heteroatoms. The minimum Gasteiger partial charge on any atom is -0.393 e. The van der Waals surface area contributed by atoms with E-state index < -0.39 is 0 Å². The lowest BCUT2D eigenvalue weighted by molar-refractivity contribution is 0.109. The van der Waals surface area contributed by atoms with Crippen LogP contribution in [0.2, 0.25) is 0 Å². The van der Waals surface area contributed by atoms with Crippen molar-refractivity contribution in [2.45, 2.75) is 53.1 Å². The van der Waals surface area contributed by atoms with Crippen molar-refractivity contribution in [3.05, 3.63) is 11.4 Å². The second-order valence-corrected chi connectivity index (χ2v) is 5.89. The molecular formula is C16H28N4O. The van der Waals surface area contributed by atoms with Crippen LogP contribution in [0.15, 0.2) is 0 Å². The van der Waals surface area contributed by atoms with Gasteiger partial charge in [0.15, 0.2) is 0 Å². The molecule has 1 unspecified atom stereocenters. The first-order valence-corrected chi connectivity index (χ1v) is 8.11. The van der Waals surface area contributed by atoms with Crippen molar-refractivity contribution in [1.29, 1.82) is 0 Å². The number of piperidine rings is 1. The highest BCUT2D eigenvalue weighted by Gasteiger charge is 2.25. The number of nitrogens with one attached hydrogen (secondary N) is 1. The van der Waals surface area contributed by atoms with Crippen LogP contribution in [0.5, 0.6) is 0 Å². The number of aromatic nitrogens is 2. The monoisotopic (exact) mass is 292 g/mol. The fraction of sp³-hybridized carbons (Fsp3) is 0.750. The fourth-order valence-corrected chi connectivity index (χ4v) is 2.95. The van der Waals surface area contributed by atoms with Crippen molar-refractivity contribution in [3.8, 4) is 0 Å². The van der Waals surface area contributed by atoms with Gasteiger partial charge in [-0.25, -0.2) is 9.97 Å². The maximum atomic E-state index is 9.73. The number of hydrogen-bond acceptors (Lipinski definition) is 5. The van der Waals surface area contributed by atoms with E-state index in [0.29, 0.717) is 5.92 Å².